The van der Waals surface area contributed by atoms with Gasteiger partial charge < -0.3 is 28.7 Å². The number of aliphatic hydroxyl groups excluding tert-OH is 2. The molecule has 2 saturated heterocycles. The van der Waals surface area contributed by atoms with Crippen molar-refractivity contribution in [1.29, 1.82) is 0 Å². The van der Waals surface area contributed by atoms with Crippen LogP contribution < -0.4 is 0 Å². The van der Waals surface area contributed by atoms with Crippen LogP contribution in [0.25, 0.3) is 22.3 Å². The molecule has 2 aliphatic heterocycles. The van der Waals surface area contributed by atoms with Gasteiger partial charge in [0.15, 0.2) is 36.1 Å². The summed E-state index contributed by atoms with van der Waals surface area (Å²) in [6.45, 7) is -1.07. The minimum Gasteiger partial charge on any atom is -0.394 e. The van der Waals surface area contributed by atoms with Gasteiger partial charge in [0.25, 0.3) is 0 Å². The van der Waals surface area contributed by atoms with Crippen molar-refractivity contribution in [3.63, 3.8) is 0 Å². The first kappa shape index (κ1) is 35.4. The minimum absolute atomic E-state index is 0.342. The van der Waals surface area contributed by atoms with E-state index in [2.05, 4.69) is 54.4 Å². The molecule has 4 aromatic rings. The molecule has 2 N–H and O–H groups in total. The van der Waals surface area contributed by atoms with Crippen LogP contribution >= 0.6 is 39.0 Å². The summed E-state index contributed by atoms with van der Waals surface area (Å²) in [6, 6.07) is 0. The monoisotopic (exact) mass is 748 g/mol. The maximum absolute atomic E-state index is 15.3. The minimum atomic E-state index is -2.78. The van der Waals surface area contributed by atoms with Gasteiger partial charge in [-0.25, -0.2) is 38.7 Å². The first-order valence-electron chi connectivity index (χ1n) is 14.8. The first-order chi connectivity index (χ1) is 23.2. The Balaban J connectivity index is 1.07. The highest BCUT2D eigenvalue weighted by Crippen LogP contribution is 2.42. The molecule has 4 unspecified atom stereocenters. The summed E-state index contributed by atoms with van der Waals surface area (Å²) in [5.74, 6) is 0. The SMILES string of the molecule is O=[PH](S)OC1[C@@H](F)[C@H](n2cnc3c(CC/C=C/CCc4ncnc5c4ncn5[C@@H]4OC(CO)[C@@H](O[PH](=O)S)[C@H]4F)ncnc32)O[C@@H]1CO. The predicted molar refractivity (Wildman–Crippen MR) is 174 cm³/mol. The Bertz CT molecular complexity index is 1700. The molecular weight excluding hydrogens is 716 g/mol. The fourth-order valence-corrected chi connectivity index (χ4v) is 7.62. The largest absolute Gasteiger partial charge is 0.394 e. The molecule has 10 atom stereocenters. The van der Waals surface area contributed by atoms with Crippen LogP contribution in [-0.2, 0) is 40.5 Å². The number of halogens is 2. The summed E-state index contributed by atoms with van der Waals surface area (Å²) in [7, 11) is -5.55. The number of aryl methyl sites for hydroxylation is 2. The molecule has 0 spiro atoms. The van der Waals surface area contributed by atoms with Crippen LogP contribution in [0.4, 0.5) is 8.78 Å². The number of aromatic nitrogens is 8. The number of hydrogen-bond donors (Lipinski definition) is 4. The van der Waals surface area contributed by atoms with E-state index >= 15 is 8.78 Å². The fourth-order valence-electron chi connectivity index (χ4n) is 5.86. The van der Waals surface area contributed by atoms with Gasteiger partial charge in [-0.15, -0.1) is 0 Å². The van der Waals surface area contributed by atoms with E-state index in [4.69, 9.17) is 18.5 Å². The van der Waals surface area contributed by atoms with Crippen LogP contribution in [0.15, 0.2) is 37.5 Å². The summed E-state index contributed by atoms with van der Waals surface area (Å²) < 4.78 is 77.8. The van der Waals surface area contributed by atoms with Gasteiger partial charge in [-0.1, -0.05) is 36.6 Å². The lowest BCUT2D eigenvalue weighted by Gasteiger charge is -2.16. The van der Waals surface area contributed by atoms with Crippen LogP contribution in [0.5, 0.6) is 0 Å². The van der Waals surface area contributed by atoms with Gasteiger partial charge in [-0.2, -0.15) is 0 Å². The highest BCUT2D eigenvalue weighted by atomic mass is 32.7. The van der Waals surface area contributed by atoms with Crippen molar-refractivity contribution in [2.45, 2.75) is 74.9 Å². The van der Waals surface area contributed by atoms with Crippen LogP contribution in [-0.4, -0.2) is 99.2 Å². The zero-order valence-electron chi connectivity index (χ0n) is 24.9. The molecule has 260 valence electrons. The van der Waals surface area contributed by atoms with Crippen LogP contribution in [0.3, 0.4) is 0 Å². The van der Waals surface area contributed by atoms with Gasteiger partial charge in [0.1, 0.15) is 48.1 Å². The number of imidazole rings is 2. The molecule has 0 radical (unpaired) electrons. The van der Waals surface area contributed by atoms with E-state index in [1.54, 1.807) is 0 Å². The average molecular weight is 749 g/mol. The Labute approximate surface area is 283 Å². The number of aliphatic hydroxyl groups is 2. The Hall–Kier alpha value is -2.38. The quantitative estimate of drug-likeness (QED) is 0.0834. The van der Waals surface area contributed by atoms with E-state index in [9.17, 15) is 19.3 Å². The molecule has 2 fully saturated rings. The van der Waals surface area contributed by atoms with Gasteiger partial charge in [-0.05, 0) is 25.7 Å². The molecule has 0 bridgehead atoms. The fraction of sp³-hybridized carbons (Fsp3) is 0.538. The zero-order chi connectivity index (χ0) is 33.9. The van der Waals surface area contributed by atoms with Gasteiger partial charge in [0, 0.05) is 0 Å². The van der Waals surface area contributed by atoms with Gasteiger partial charge in [-0.3, -0.25) is 18.3 Å². The number of alkyl halides is 2. The lowest BCUT2D eigenvalue weighted by Crippen LogP contribution is -2.31. The van der Waals surface area contributed by atoms with Crippen LogP contribution in [0.1, 0.15) is 36.7 Å². The molecule has 16 nitrogen and oxygen atoms in total. The summed E-state index contributed by atoms with van der Waals surface area (Å²) in [5.41, 5.74) is 2.91. The second-order valence-electron chi connectivity index (χ2n) is 10.9. The van der Waals surface area contributed by atoms with E-state index < -0.39 is 76.9 Å². The molecule has 22 heteroatoms. The van der Waals surface area contributed by atoms with Crippen molar-refractivity contribution in [3.05, 3.63) is 48.8 Å². The molecular formula is C26H32F2N8O8P2S2. The third kappa shape index (κ3) is 7.24. The Morgan fingerprint density at radius 3 is 1.54 bits per heavy atom. The molecule has 2 aliphatic rings. The Morgan fingerprint density at radius 1 is 0.750 bits per heavy atom. The molecule has 6 rings (SSSR count). The standard InChI is InChI=1S/C26H32F2N8O8P2S2/c27-17-21(43-45(39)47)15(7-37)41-25(17)35-11-33-19-13(29-9-31-23(19)35)5-3-1-2-4-6-14-20-24(32-10-30-14)36(12-34-20)26-18(28)22(44-46(40)48)16(8-38)42-26/h1-2,9-12,15-18,21-22,25-26,37-38,45-46H,3-8H2,(H,39,47)(H,40,48)/b2-1+/t15-,16?,17-,18-,21?,22-,25-,26-/m1/s1. The summed E-state index contributed by atoms with van der Waals surface area (Å²) in [5, 5.41) is 19.2. The van der Waals surface area contributed by atoms with Crippen LogP contribution in [0, 0.1) is 0 Å². The maximum atomic E-state index is 15.3. The van der Waals surface area contributed by atoms with Crippen molar-refractivity contribution in [2.24, 2.45) is 0 Å². The molecule has 0 aliphatic carbocycles. The van der Waals surface area contributed by atoms with E-state index in [0.717, 1.165) is 0 Å². The molecule has 0 amide bonds. The Morgan fingerprint density at radius 2 is 1.17 bits per heavy atom. The topological polar surface area (TPSA) is 199 Å². The number of thiol groups is 2. The third-order valence-electron chi connectivity index (χ3n) is 8.05. The number of hydrogen-bond acceptors (Lipinski definition) is 14. The zero-order valence-corrected chi connectivity index (χ0v) is 28.7. The summed E-state index contributed by atoms with van der Waals surface area (Å²) >= 11 is 7.44. The van der Waals surface area contributed by atoms with Crippen molar-refractivity contribution < 1.29 is 46.6 Å². The Kier molecular flexibility index (Phi) is 11.6. The van der Waals surface area contributed by atoms with E-state index in [0.29, 0.717) is 59.4 Å². The van der Waals surface area contributed by atoms with Gasteiger partial charge in [0.2, 0.25) is 14.5 Å². The predicted octanol–water partition coefficient (Wildman–Crippen LogP) is 2.95. The summed E-state index contributed by atoms with van der Waals surface area (Å²) in [6.07, 6.45) is 1.20. The number of ether oxygens (including phenoxy) is 2. The average Bonchev–Trinajstić information content (AvgIpc) is 3.83. The molecule has 0 saturated carbocycles. The highest BCUT2D eigenvalue weighted by molar-refractivity contribution is 8.39. The highest BCUT2D eigenvalue weighted by Gasteiger charge is 2.49. The second-order valence-corrected chi connectivity index (χ2v) is 14.6. The maximum Gasteiger partial charge on any atom is 0.243 e. The number of nitrogens with zero attached hydrogens (tertiary/aromatic N) is 8. The van der Waals surface area contributed by atoms with E-state index in [1.807, 2.05) is 12.2 Å². The van der Waals surface area contributed by atoms with Crippen molar-refractivity contribution >= 4 is 61.3 Å². The second kappa shape index (κ2) is 15.7. The van der Waals surface area contributed by atoms with Crippen molar-refractivity contribution in [2.75, 3.05) is 13.2 Å². The van der Waals surface area contributed by atoms with Gasteiger partial charge >= 0.3 is 0 Å². The number of rotatable bonds is 14. The molecule has 0 aromatic carbocycles. The van der Waals surface area contributed by atoms with Crippen molar-refractivity contribution in [1.82, 2.24) is 39.0 Å². The van der Waals surface area contributed by atoms with E-state index in [1.165, 1.54) is 34.4 Å². The molecule has 4 aromatic heterocycles. The number of fused-ring (bicyclic) bond motifs is 2. The lowest BCUT2D eigenvalue weighted by molar-refractivity contribution is -0.0427. The summed E-state index contributed by atoms with van der Waals surface area (Å²) in [4.78, 5) is 26.0. The first-order valence-corrected chi connectivity index (χ1v) is 20.0. The normalized spacial score (nSPS) is 29.0. The smallest absolute Gasteiger partial charge is 0.243 e. The van der Waals surface area contributed by atoms with Crippen LogP contribution in [0.2, 0.25) is 0 Å². The molecule has 6 heterocycles. The van der Waals surface area contributed by atoms with Gasteiger partial charge in [0.05, 0.1) is 37.3 Å². The van der Waals surface area contributed by atoms with E-state index in [-0.39, 0.29) is 0 Å². The lowest BCUT2D eigenvalue weighted by atomic mass is 10.1. The third-order valence-corrected chi connectivity index (χ3v) is 9.63. The number of allylic oxidation sites excluding steroid dienone is 2. The molecule has 48 heavy (non-hydrogen) atoms. The van der Waals surface area contributed by atoms with Crippen molar-refractivity contribution in [3.8, 4) is 0 Å².